The van der Waals surface area contributed by atoms with E-state index in [4.69, 9.17) is 4.74 Å². The number of nitrogens with one attached hydrogen (secondary N) is 1. The zero-order chi connectivity index (χ0) is 17.1. The number of carbonyl (C=O) groups excluding carboxylic acids is 1. The Bertz CT molecular complexity index is 872. The molecule has 0 aliphatic carbocycles. The Morgan fingerprint density at radius 3 is 2.92 bits per heavy atom. The average Bonchev–Trinajstić information content (AvgIpc) is 3.23. The maximum absolute atomic E-state index is 12.5. The van der Waals surface area contributed by atoms with Gasteiger partial charge >= 0.3 is 0 Å². The van der Waals surface area contributed by atoms with Gasteiger partial charge in [0.25, 0.3) is 5.91 Å². The molecule has 0 fully saturated rings. The highest BCUT2D eigenvalue weighted by molar-refractivity contribution is 7.12. The van der Waals surface area contributed by atoms with Crippen molar-refractivity contribution in [3.63, 3.8) is 0 Å². The summed E-state index contributed by atoms with van der Waals surface area (Å²) >= 11 is 1.33. The number of rotatable bonds is 5. The molecular weight excluding hydrogens is 328 g/mol. The van der Waals surface area contributed by atoms with Crippen molar-refractivity contribution in [2.75, 3.05) is 12.4 Å². The lowest BCUT2D eigenvalue weighted by Gasteiger charge is -2.11. The topological polar surface area (TPSA) is 94.8 Å². The standard InChI is InChI=1S/C15H16N6O2S/c1-4-11-14(24-8-16-11)15(22)17-10-5-6-13(23-3)12(7-10)21-9(2)18-19-20-21/h5-8H,4H2,1-3H3,(H,17,22). The van der Waals surface area contributed by atoms with Crippen molar-refractivity contribution in [3.8, 4) is 11.4 Å². The van der Waals surface area contributed by atoms with Gasteiger partial charge in [-0.1, -0.05) is 6.92 Å². The second-order valence-corrected chi connectivity index (χ2v) is 5.82. The van der Waals surface area contributed by atoms with Gasteiger partial charge in [0.2, 0.25) is 0 Å². The first-order chi connectivity index (χ1) is 11.6. The smallest absolute Gasteiger partial charge is 0.267 e. The summed E-state index contributed by atoms with van der Waals surface area (Å²) < 4.78 is 6.91. The molecule has 1 N–H and O–H groups in total. The predicted octanol–water partition coefficient (Wildman–Crippen LogP) is 2.25. The van der Waals surface area contributed by atoms with Crippen LogP contribution in [0, 0.1) is 6.92 Å². The zero-order valence-corrected chi connectivity index (χ0v) is 14.3. The van der Waals surface area contributed by atoms with E-state index in [1.165, 1.54) is 11.3 Å². The molecule has 1 amide bonds. The molecule has 0 saturated carbocycles. The van der Waals surface area contributed by atoms with Crippen LogP contribution in [0.2, 0.25) is 0 Å². The summed E-state index contributed by atoms with van der Waals surface area (Å²) in [7, 11) is 1.57. The van der Waals surface area contributed by atoms with Gasteiger partial charge < -0.3 is 10.1 Å². The zero-order valence-electron chi connectivity index (χ0n) is 13.5. The second-order valence-electron chi connectivity index (χ2n) is 4.96. The maximum Gasteiger partial charge on any atom is 0.267 e. The molecule has 124 valence electrons. The molecule has 3 aromatic rings. The molecule has 0 radical (unpaired) electrons. The first-order valence-electron chi connectivity index (χ1n) is 7.31. The van der Waals surface area contributed by atoms with Crippen LogP contribution in [0.3, 0.4) is 0 Å². The van der Waals surface area contributed by atoms with E-state index < -0.39 is 0 Å². The lowest BCUT2D eigenvalue weighted by atomic mass is 10.2. The Kier molecular flexibility index (Phi) is 4.52. The first kappa shape index (κ1) is 16.1. The molecule has 0 aliphatic heterocycles. The molecule has 3 rings (SSSR count). The largest absolute Gasteiger partial charge is 0.494 e. The summed E-state index contributed by atoms with van der Waals surface area (Å²) in [5, 5.41) is 14.3. The third-order valence-electron chi connectivity index (χ3n) is 3.47. The summed E-state index contributed by atoms with van der Waals surface area (Å²) in [6.07, 6.45) is 0.712. The number of carbonyl (C=O) groups is 1. The minimum atomic E-state index is -0.182. The van der Waals surface area contributed by atoms with Gasteiger partial charge in [0.1, 0.15) is 16.3 Å². The number of hydrogen-bond donors (Lipinski definition) is 1. The van der Waals surface area contributed by atoms with Crippen LogP contribution in [-0.2, 0) is 6.42 Å². The van der Waals surface area contributed by atoms with Crippen LogP contribution in [0.4, 0.5) is 5.69 Å². The molecule has 2 heterocycles. The molecule has 0 unspecified atom stereocenters. The van der Waals surface area contributed by atoms with Gasteiger partial charge in [-0.2, -0.15) is 4.68 Å². The van der Waals surface area contributed by atoms with Crippen LogP contribution in [0.25, 0.3) is 5.69 Å². The van der Waals surface area contributed by atoms with E-state index in [1.807, 2.05) is 6.92 Å². The first-order valence-corrected chi connectivity index (χ1v) is 8.19. The Labute approximate surface area is 142 Å². The fourth-order valence-electron chi connectivity index (χ4n) is 2.28. The van der Waals surface area contributed by atoms with E-state index in [2.05, 4.69) is 25.8 Å². The number of aryl methyl sites for hydroxylation is 2. The van der Waals surface area contributed by atoms with E-state index in [9.17, 15) is 4.79 Å². The second kappa shape index (κ2) is 6.75. The number of ether oxygens (including phenoxy) is 1. The van der Waals surface area contributed by atoms with Crippen LogP contribution < -0.4 is 10.1 Å². The van der Waals surface area contributed by atoms with Crippen molar-refractivity contribution in [2.45, 2.75) is 20.3 Å². The Hall–Kier alpha value is -2.81. The number of aromatic nitrogens is 5. The van der Waals surface area contributed by atoms with E-state index in [1.54, 1.807) is 42.4 Å². The number of methoxy groups -OCH3 is 1. The number of hydrogen-bond acceptors (Lipinski definition) is 7. The van der Waals surface area contributed by atoms with E-state index in [-0.39, 0.29) is 5.91 Å². The van der Waals surface area contributed by atoms with Gasteiger partial charge in [0, 0.05) is 5.69 Å². The molecule has 9 heteroatoms. The lowest BCUT2D eigenvalue weighted by Crippen LogP contribution is -2.13. The predicted molar refractivity (Wildman–Crippen MR) is 89.9 cm³/mol. The van der Waals surface area contributed by atoms with Gasteiger partial charge in [0.15, 0.2) is 5.82 Å². The van der Waals surface area contributed by atoms with Crippen LogP contribution in [0.1, 0.15) is 28.1 Å². The molecule has 0 spiro atoms. The van der Waals surface area contributed by atoms with Gasteiger partial charge in [-0.25, -0.2) is 4.98 Å². The minimum absolute atomic E-state index is 0.182. The van der Waals surface area contributed by atoms with Gasteiger partial charge in [-0.05, 0) is 42.0 Å². The third kappa shape index (κ3) is 2.98. The van der Waals surface area contributed by atoms with Crippen molar-refractivity contribution in [1.29, 1.82) is 0 Å². The Balaban J connectivity index is 1.92. The monoisotopic (exact) mass is 344 g/mol. The molecular formula is C15H16N6O2S. The van der Waals surface area contributed by atoms with E-state index >= 15 is 0 Å². The van der Waals surface area contributed by atoms with Gasteiger partial charge in [0.05, 0.1) is 18.3 Å². The number of anilines is 1. The van der Waals surface area contributed by atoms with Gasteiger partial charge in [-0.3, -0.25) is 4.79 Å². The highest BCUT2D eigenvalue weighted by Gasteiger charge is 2.16. The summed E-state index contributed by atoms with van der Waals surface area (Å²) in [6.45, 7) is 3.76. The molecule has 0 saturated heterocycles. The molecule has 0 bridgehead atoms. The number of thiazole rings is 1. The van der Waals surface area contributed by atoms with Crippen LogP contribution in [-0.4, -0.2) is 38.2 Å². The van der Waals surface area contributed by atoms with Crippen LogP contribution >= 0.6 is 11.3 Å². The molecule has 0 aliphatic rings. The van der Waals surface area contributed by atoms with Crippen molar-refractivity contribution >= 4 is 22.9 Å². The minimum Gasteiger partial charge on any atom is -0.494 e. The van der Waals surface area contributed by atoms with Crippen molar-refractivity contribution < 1.29 is 9.53 Å². The van der Waals surface area contributed by atoms with Crippen molar-refractivity contribution in [2.24, 2.45) is 0 Å². The van der Waals surface area contributed by atoms with Crippen LogP contribution in [0.5, 0.6) is 5.75 Å². The molecule has 24 heavy (non-hydrogen) atoms. The van der Waals surface area contributed by atoms with E-state index in [0.29, 0.717) is 34.2 Å². The highest BCUT2D eigenvalue weighted by Crippen LogP contribution is 2.27. The van der Waals surface area contributed by atoms with Crippen molar-refractivity contribution in [1.82, 2.24) is 25.2 Å². The Morgan fingerprint density at radius 2 is 2.25 bits per heavy atom. The molecule has 2 aromatic heterocycles. The number of benzene rings is 1. The highest BCUT2D eigenvalue weighted by atomic mass is 32.1. The van der Waals surface area contributed by atoms with Crippen LogP contribution in [0.15, 0.2) is 23.7 Å². The average molecular weight is 344 g/mol. The maximum atomic E-state index is 12.5. The third-order valence-corrected chi connectivity index (χ3v) is 4.34. The lowest BCUT2D eigenvalue weighted by molar-refractivity contribution is 0.102. The normalized spacial score (nSPS) is 10.6. The molecule has 0 atom stereocenters. The summed E-state index contributed by atoms with van der Waals surface area (Å²) in [4.78, 5) is 17.3. The van der Waals surface area contributed by atoms with E-state index in [0.717, 1.165) is 5.69 Å². The Morgan fingerprint density at radius 1 is 1.42 bits per heavy atom. The SMILES string of the molecule is CCc1ncsc1C(=O)Nc1ccc(OC)c(-n2nnnc2C)c1. The van der Waals surface area contributed by atoms with Gasteiger partial charge in [-0.15, -0.1) is 16.4 Å². The fraction of sp³-hybridized carbons (Fsp3) is 0.267. The summed E-state index contributed by atoms with van der Waals surface area (Å²) in [5.41, 5.74) is 3.75. The summed E-state index contributed by atoms with van der Waals surface area (Å²) in [5.74, 6) is 1.04. The number of tetrazole rings is 1. The fourth-order valence-corrected chi connectivity index (χ4v) is 3.06. The molecule has 8 nitrogen and oxygen atoms in total. The number of nitrogens with zero attached hydrogens (tertiary/aromatic N) is 5. The summed E-state index contributed by atoms with van der Waals surface area (Å²) in [6, 6.07) is 5.30. The molecule has 1 aromatic carbocycles. The quantitative estimate of drug-likeness (QED) is 0.763. The number of amides is 1. The van der Waals surface area contributed by atoms with Crippen molar-refractivity contribution in [3.05, 3.63) is 40.1 Å².